The second kappa shape index (κ2) is 6.59. The summed E-state index contributed by atoms with van der Waals surface area (Å²) in [7, 11) is 1.53. The Balaban J connectivity index is 1.49. The first kappa shape index (κ1) is 16.3. The van der Waals surface area contributed by atoms with Crippen LogP contribution >= 0.6 is 0 Å². The fourth-order valence-electron chi connectivity index (χ4n) is 3.14. The molecular formula is C19H18N4O3. The topological polar surface area (TPSA) is 77.3 Å². The van der Waals surface area contributed by atoms with Gasteiger partial charge in [-0.05, 0) is 18.2 Å². The number of aryl methyl sites for hydroxylation is 1. The minimum Gasteiger partial charge on any atom is -0.486 e. The van der Waals surface area contributed by atoms with E-state index in [1.165, 1.54) is 23.9 Å². The minimum absolute atomic E-state index is 0.0981. The maximum Gasteiger partial charge on any atom is 0.274 e. The van der Waals surface area contributed by atoms with Crippen molar-refractivity contribution >= 4 is 16.8 Å². The molecule has 1 unspecified atom stereocenters. The molecule has 1 saturated heterocycles. The Morgan fingerprint density at radius 1 is 1.19 bits per heavy atom. The van der Waals surface area contributed by atoms with Crippen LogP contribution in [0.3, 0.4) is 0 Å². The fraction of sp³-hybridized carbons (Fsp3) is 0.263. The van der Waals surface area contributed by atoms with Crippen LogP contribution in [0.15, 0.2) is 53.5 Å². The summed E-state index contributed by atoms with van der Waals surface area (Å²) in [6.45, 7) is 1.07. The Morgan fingerprint density at radius 3 is 2.88 bits per heavy atom. The Morgan fingerprint density at radius 2 is 2.04 bits per heavy atom. The van der Waals surface area contributed by atoms with Crippen LogP contribution in [0.25, 0.3) is 10.9 Å². The molecule has 3 aromatic rings. The predicted molar refractivity (Wildman–Crippen MR) is 96.2 cm³/mol. The van der Waals surface area contributed by atoms with Crippen molar-refractivity contribution < 1.29 is 9.53 Å². The number of ether oxygens (including phenoxy) is 1. The van der Waals surface area contributed by atoms with Gasteiger partial charge in [-0.25, -0.2) is 4.68 Å². The van der Waals surface area contributed by atoms with E-state index in [9.17, 15) is 9.59 Å². The zero-order valence-corrected chi connectivity index (χ0v) is 14.3. The van der Waals surface area contributed by atoms with E-state index in [1.54, 1.807) is 11.1 Å². The summed E-state index contributed by atoms with van der Waals surface area (Å²) in [5, 5.41) is 5.05. The number of fused-ring (bicyclic) bond motifs is 1. The second-order valence-electron chi connectivity index (χ2n) is 6.29. The number of likely N-dealkylation sites (tertiary alicyclic amines) is 1. The van der Waals surface area contributed by atoms with E-state index >= 15 is 0 Å². The lowest BCUT2D eigenvalue weighted by Crippen LogP contribution is -2.33. The molecular weight excluding hydrogens is 332 g/mol. The van der Waals surface area contributed by atoms with Crippen LogP contribution in [-0.2, 0) is 7.05 Å². The Hall–Kier alpha value is -3.22. The number of rotatable bonds is 3. The molecule has 0 N–H and O–H groups in total. The van der Waals surface area contributed by atoms with Crippen molar-refractivity contribution in [3.05, 3.63) is 64.7 Å². The maximum atomic E-state index is 12.6. The van der Waals surface area contributed by atoms with E-state index in [-0.39, 0.29) is 23.3 Å². The Labute approximate surface area is 149 Å². The predicted octanol–water partition coefficient (Wildman–Crippen LogP) is 1.62. The van der Waals surface area contributed by atoms with Crippen molar-refractivity contribution in [2.24, 2.45) is 7.05 Å². The van der Waals surface area contributed by atoms with Crippen LogP contribution in [0.1, 0.15) is 16.9 Å². The van der Waals surface area contributed by atoms with Crippen molar-refractivity contribution in [3.8, 4) is 5.75 Å². The average molecular weight is 350 g/mol. The van der Waals surface area contributed by atoms with Crippen LogP contribution in [-0.4, -0.2) is 44.8 Å². The van der Waals surface area contributed by atoms with Gasteiger partial charge in [-0.2, -0.15) is 5.10 Å². The highest BCUT2D eigenvalue weighted by Crippen LogP contribution is 2.26. The molecule has 3 heterocycles. The van der Waals surface area contributed by atoms with Gasteiger partial charge in [0.15, 0.2) is 0 Å². The molecule has 4 rings (SSSR count). The van der Waals surface area contributed by atoms with Gasteiger partial charge in [-0.15, -0.1) is 0 Å². The zero-order valence-electron chi connectivity index (χ0n) is 14.3. The number of carbonyl (C=O) groups is 1. The van der Waals surface area contributed by atoms with E-state index in [2.05, 4.69) is 10.1 Å². The van der Waals surface area contributed by atoms with Gasteiger partial charge in [0.2, 0.25) is 0 Å². The van der Waals surface area contributed by atoms with Crippen molar-refractivity contribution in [2.45, 2.75) is 12.5 Å². The summed E-state index contributed by atoms with van der Waals surface area (Å²) < 4.78 is 7.28. The number of benzene rings is 1. The summed E-state index contributed by atoms with van der Waals surface area (Å²) in [6.07, 6.45) is 2.38. The summed E-state index contributed by atoms with van der Waals surface area (Å²) in [6, 6.07) is 12.5. The lowest BCUT2D eigenvalue weighted by molar-refractivity contribution is 0.0764. The molecule has 1 aromatic carbocycles. The average Bonchev–Trinajstić information content (AvgIpc) is 3.12. The van der Waals surface area contributed by atoms with Crippen LogP contribution in [0.2, 0.25) is 0 Å². The van der Waals surface area contributed by atoms with Crippen molar-refractivity contribution in [1.29, 1.82) is 0 Å². The summed E-state index contributed by atoms with van der Waals surface area (Å²) in [5.41, 5.74) is 0.840. The smallest absolute Gasteiger partial charge is 0.274 e. The molecule has 132 valence electrons. The first-order valence-corrected chi connectivity index (χ1v) is 8.46. The third-order valence-electron chi connectivity index (χ3n) is 4.50. The molecule has 0 aliphatic carbocycles. The summed E-state index contributed by atoms with van der Waals surface area (Å²) >= 11 is 0. The number of pyridine rings is 1. The van der Waals surface area contributed by atoms with Gasteiger partial charge in [0.05, 0.1) is 6.54 Å². The van der Waals surface area contributed by atoms with E-state index in [0.29, 0.717) is 13.1 Å². The van der Waals surface area contributed by atoms with Gasteiger partial charge in [0.25, 0.3) is 11.5 Å². The van der Waals surface area contributed by atoms with Crippen LogP contribution in [0.5, 0.6) is 5.75 Å². The molecule has 1 aliphatic heterocycles. The largest absolute Gasteiger partial charge is 0.486 e. The fourth-order valence-corrected chi connectivity index (χ4v) is 3.14. The molecule has 1 aliphatic rings. The molecule has 1 amide bonds. The molecule has 1 fully saturated rings. The molecule has 0 bridgehead atoms. The van der Waals surface area contributed by atoms with E-state index in [1.807, 2.05) is 30.3 Å². The SMILES string of the molecule is Cn1nc(C(=O)N2CCC(Oc3cccc4cccnc34)C2)ccc1=O. The first-order chi connectivity index (χ1) is 12.6. The normalized spacial score (nSPS) is 16.8. The highest BCUT2D eigenvalue weighted by molar-refractivity contribution is 5.92. The van der Waals surface area contributed by atoms with Crippen molar-refractivity contribution in [3.63, 3.8) is 0 Å². The van der Waals surface area contributed by atoms with Gasteiger partial charge in [0, 0.05) is 37.7 Å². The number of para-hydroxylation sites is 1. The molecule has 0 saturated carbocycles. The van der Waals surface area contributed by atoms with Gasteiger partial charge < -0.3 is 9.64 Å². The first-order valence-electron chi connectivity index (χ1n) is 8.46. The maximum absolute atomic E-state index is 12.6. The molecule has 1 atom stereocenters. The number of carbonyl (C=O) groups excluding carboxylic acids is 1. The highest BCUT2D eigenvalue weighted by atomic mass is 16.5. The van der Waals surface area contributed by atoms with Gasteiger partial charge in [0.1, 0.15) is 23.1 Å². The van der Waals surface area contributed by atoms with Gasteiger partial charge in [-0.3, -0.25) is 14.6 Å². The Bertz CT molecular complexity index is 1030. The lowest BCUT2D eigenvalue weighted by Gasteiger charge is -2.17. The quantitative estimate of drug-likeness (QED) is 0.717. The second-order valence-corrected chi connectivity index (χ2v) is 6.29. The third-order valence-corrected chi connectivity index (χ3v) is 4.50. The highest BCUT2D eigenvalue weighted by Gasteiger charge is 2.29. The molecule has 7 nitrogen and oxygen atoms in total. The monoisotopic (exact) mass is 350 g/mol. The van der Waals surface area contributed by atoms with Gasteiger partial charge in [-0.1, -0.05) is 18.2 Å². The van der Waals surface area contributed by atoms with Crippen LogP contribution < -0.4 is 10.3 Å². The standard InChI is InChI=1S/C19H18N4O3/c1-22-17(24)8-7-15(21-22)19(25)23-11-9-14(12-23)26-16-6-2-4-13-5-3-10-20-18(13)16/h2-8,10,14H,9,11-12H2,1H3. The lowest BCUT2D eigenvalue weighted by atomic mass is 10.2. The number of aromatic nitrogens is 3. The van der Waals surface area contributed by atoms with Crippen LogP contribution in [0.4, 0.5) is 0 Å². The van der Waals surface area contributed by atoms with Crippen LogP contribution in [0, 0.1) is 0 Å². The summed E-state index contributed by atoms with van der Waals surface area (Å²) in [5.74, 6) is 0.533. The van der Waals surface area contributed by atoms with E-state index < -0.39 is 0 Å². The zero-order chi connectivity index (χ0) is 18.1. The van der Waals surface area contributed by atoms with Gasteiger partial charge >= 0.3 is 0 Å². The number of hydrogen-bond acceptors (Lipinski definition) is 5. The van der Waals surface area contributed by atoms with E-state index in [4.69, 9.17) is 4.74 Å². The molecule has 0 spiro atoms. The minimum atomic E-state index is -0.243. The third kappa shape index (κ3) is 3.03. The number of hydrogen-bond donors (Lipinski definition) is 0. The Kier molecular flexibility index (Phi) is 4.12. The molecule has 2 aromatic heterocycles. The van der Waals surface area contributed by atoms with Crippen molar-refractivity contribution in [2.75, 3.05) is 13.1 Å². The molecule has 26 heavy (non-hydrogen) atoms. The molecule has 0 radical (unpaired) electrons. The molecule has 7 heteroatoms. The summed E-state index contributed by atoms with van der Waals surface area (Å²) in [4.78, 5) is 30.1. The van der Waals surface area contributed by atoms with Crippen molar-refractivity contribution in [1.82, 2.24) is 19.7 Å². The van der Waals surface area contributed by atoms with E-state index in [0.717, 1.165) is 23.1 Å². The number of amides is 1. The number of nitrogens with zero attached hydrogens (tertiary/aromatic N) is 4.